The smallest absolute Gasteiger partial charge is 0.123 e. The summed E-state index contributed by atoms with van der Waals surface area (Å²) in [5.41, 5.74) is 8.09. The predicted octanol–water partition coefficient (Wildman–Crippen LogP) is 3.68. The van der Waals surface area contributed by atoms with E-state index in [1.165, 1.54) is 17.7 Å². The molecule has 0 aliphatic carbocycles. The van der Waals surface area contributed by atoms with Crippen LogP contribution in [0.25, 0.3) is 0 Å². The van der Waals surface area contributed by atoms with E-state index in [2.05, 4.69) is 6.92 Å². The van der Waals surface area contributed by atoms with E-state index in [9.17, 15) is 4.39 Å². The molecule has 0 aliphatic rings. The van der Waals surface area contributed by atoms with Crippen LogP contribution in [-0.4, -0.2) is 6.04 Å². The van der Waals surface area contributed by atoms with E-state index >= 15 is 0 Å². The van der Waals surface area contributed by atoms with Gasteiger partial charge < -0.3 is 10.5 Å². The van der Waals surface area contributed by atoms with Crippen LogP contribution in [0.4, 0.5) is 4.39 Å². The van der Waals surface area contributed by atoms with Crippen molar-refractivity contribution in [2.24, 2.45) is 5.73 Å². The first-order chi connectivity index (χ1) is 9.67. The summed E-state index contributed by atoms with van der Waals surface area (Å²) < 4.78 is 18.4. The Balaban J connectivity index is 1.89. The van der Waals surface area contributed by atoms with Gasteiger partial charge in [0.25, 0.3) is 0 Å². The number of benzene rings is 2. The zero-order valence-corrected chi connectivity index (χ0v) is 11.7. The predicted molar refractivity (Wildman–Crippen MR) is 79.1 cm³/mol. The normalized spacial score (nSPS) is 12.2. The summed E-state index contributed by atoms with van der Waals surface area (Å²) >= 11 is 0. The Morgan fingerprint density at radius 1 is 1.00 bits per heavy atom. The quantitative estimate of drug-likeness (QED) is 0.871. The van der Waals surface area contributed by atoms with E-state index in [-0.39, 0.29) is 11.9 Å². The van der Waals surface area contributed by atoms with E-state index in [0.29, 0.717) is 6.61 Å². The van der Waals surface area contributed by atoms with Crippen LogP contribution in [0.5, 0.6) is 5.75 Å². The fourth-order valence-corrected chi connectivity index (χ4v) is 1.92. The van der Waals surface area contributed by atoms with E-state index in [1.807, 2.05) is 24.3 Å². The van der Waals surface area contributed by atoms with Gasteiger partial charge in [0.15, 0.2) is 0 Å². The third-order valence-corrected chi connectivity index (χ3v) is 3.26. The molecule has 2 N–H and O–H groups in total. The topological polar surface area (TPSA) is 35.2 Å². The number of halogens is 1. The van der Waals surface area contributed by atoms with Gasteiger partial charge in [0.05, 0.1) is 0 Å². The standard InChI is InChI=1S/C17H20FNO/c1-2-16(19)11-13-5-9-17(10-6-13)20-12-14-3-7-15(18)8-4-14/h3-10,16H,2,11-12,19H2,1H3. The first kappa shape index (κ1) is 14.5. The lowest BCUT2D eigenvalue weighted by molar-refractivity contribution is 0.306. The summed E-state index contributed by atoms with van der Waals surface area (Å²) in [5, 5.41) is 0. The van der Waals surface area contributed by atoms with Crippen LogP contribution < -0.4 is 10.5 Å². The molecular weight excluding hydrogens is 253 g/mol. The molecule has 0 heterocycles. The summed E-state index contributed by atoms with van der Waals surface area (Å²) in [4.78, 5) is 0. The van der Waals surface area contributed by atoms with E-state index in [0.717, 1.165) is 24.2 Å². The molecular formula is C17H20FNO. The Kier molecular flexibility index (Phi) is 5.13. The Labute approximate surface area is 119 Å². The first-order valence-corrected chi connectivity index (χ1v) is 6.89. The molecule has 2 nitrogen and oxygen atoms in total. The fraction of sp³-hybridized carbons (Fsp3) is 0.294. The molecule has 2 aromatic carbocycles. The number of hydrogen-bond acceptors (Lipinski definition) is 2. The molecule has 2 aromatic rings. The highest BCUT2D eigenvalue weighted by molar-refractivity contribution is 5.28. The Morgan fingerprint density at radius 2 is 1.60 bits per heavy atom. The molecule has 0 amide bonds. The highest BCUT2D eigenvalue weighted by atomic mass is 19.1. The molecule has 0 spiro atoms. The summed E-state index contributed by atoms with van der Waals surface area (Å²) in [7, 11) is 0. The molecule has 106 valence electrons. The van der Waals surface area contributed by atoms with Crippen molar-refractivity contribution < 1.29 is 9.13 Å². The van der Waals surface area contributed by atoms with Crippen LogP contribution in [0.1, 0.15) is 24.5 Å². The van der Waals surface area contributed by atoms with Gasteiger partial charge in [-0.05, 0) is 48.2 Å². The second kappa shape index (κ2) is 7.06. The van der Waals surface area contributed by atoms with Crippen LogP contribution in [0, 0.1) is 5.82 Å². The van der Waals surface area contributed by atoms with Gasteiger partial charge in [0.2, 0.25) is 0 Å². The minimum atomic E-state index is -0.231. The average Bonchev–Trinajstić information content (AvgIpc) is 2.48. The van der Waals surface area contributed by atoms with Crippen LogP contribution in [-0.2, 0) is 13.0 Å². The summed E-state index contributed by atoms with van der Waals surface area (Å²) in [6, 6.07) is 14.5. The van der Waals surface area contributed by atoms with Gasteiger partial charge in [-0.15, -0.1) is 0 Å². The Hall–Kier alpha value is -1.87. The SMILES string of the molecule is CCC(N)Cc1ccc(OCc2ccc(F)cc2)cc1. The Morgan fingerprint density at radius 3 is 2.20 bits per heavy atom. The van der Waals surface area contributed by atoms with E-state index < -0.39 is 0 Å². The third kappa shape index (κ3) is 4.35. The molecule has 0 saturated heterocycles. The molecule has 2 rings (SSSR count). The Bertz CT molecular complexity index is 522. The van der Waals surface area contributed by atoms with Gasteiger partial charge >= 0.3 is 0 Å². The van der Waals surface area contributed by atoms with E-state index in [1.54, 1.807) is 12.1 Å². The van der Waals surface area contributed by atoms with Crippen molar-refractivity contribution in [2.75, 3.05) is 0 Å². The van der Waals surface area contributed by atoms with Gasteiger partial charge in [-0.2, -0.15) is 0 Å². The van der Waals surface area contributed by atoms with Crippen molar-refractivity contribution in [1.82, 2.24) is 0 Å². The molecule has 3 heteroatoms. The monoisotopic (exact) mass is 273 g/mol. The lowest BCUT2D eigenvalue weighted by atomic mass is 10.0. The average molecular weight is 273 g/mol. The zero-order chi connectivity index (χ0) is 14.4. The van der Waals surface area contributed by atoms with Gasteiger partial charge in [-0.25, -0.2) is 4.39 Å². The van der Waals surface area contributed by atoms with Crippen molar-refractivity contribution in [2.45, 2.75) is 32.4 Å². The zero-order valence-electron chi connectivity index (χ0n) is 11.7. The van der Waals surface area contributed by atoms with Crippen molar-refractivity contribution in [3.63, 3.8) is 0 Å². The fourth-order valence-electron chi connectivity index (χ4n) is 1.92. The second-order valence-electron chi connectivity index (χ2n) is 4.93. The first-order valence-electron chi connectivity index (χ1n) is 6.89. The highest BCUT2D eigenvalue weighted by Crippen LogP contribution is 2.15. The summed E-state index contributed by atoms with van der Waals surface area (Å²) in [6.45, 7) is 2.53. The maximum absolute atomic E-state index is 12.8. The maximum atomic E-state index is 12.8. The third-order valence-electron chi connectivity index (χ3n) is 3.26. The molecule has 1 unspecified atom stereocenters. The lowest BCUT2D eigenvalue weighted by Gasteiger charge is -2.10. The lowest BCUT2D eigenvalue weighted by Crippen LogP contribution is -2.21. The number of hydrogen-bond donors (Lipinski definition) is 1. The van der Waals surface area contributed by atoms with Crippen molar-refractivity contribution in [3.05, 3.63) is 65.5 Å². The van der Waals surface area contributed by atoms with Crippen LogP contribution >= 0.6 is 0 Å². The van der Waals surface area contributed by atoms with Gasteiger partial charge in [-0.3, -0.25) is 0 Å². The minimum Gasteiger partial charge on any atom is -0.489 e. The number of ether oxygens (including phenoxy) is 1. The minimum absolute atomic E-state index is 0.209. The molecule has 0 bridgehead atoms. The molecule has 0 radical (unpaired) electrons. The molecule has 0 aromatic heterocycles. The summed E-state index contributed by atoms with van der Waals surface area (Å²) in [5.74, 6) is 0.577. The van der Waals surface area contributed by atoms with Crippen LogP contribution in [0.3, 0.4) is 0 Å². The van der Waals surface area contributed by atoms with Crippen molar-refractivity contribution >= 4 is 0 Å². The van der Waals surface area contributed by atoms with Crippen LogP contribution in [0.15, 0.2) is 48.5 Å². The van der Waals surface area contributed by atoms with Crippen molar-refractivity contribution in [3.8, 4) is 5.75 Å². The van der Waals surface area contributed by atoms with Crippen LogP contribution in [0.2, 0.25) is 0 Å². The summed E-state index contributed by atoms with van der Waals surface area (Å²) in [6.07, 6.45) is 1.86. The van der Waals surface area contributed by atoms with Gasteiger partial charge in [0.1, 0.15) is 18.2 Å². The molecule has 0 aliphatic heterocycles. The largest absolute Gasteiger partial charge is 0.489 e. The van der Waals surface area contributed by atoms with Gasteiger partial charge in [0, 0.05) is 6.04 Å². The van der Waals surface area contributed by atoms with Gasteiger partial charge in [-0.1, -0.05) is 31.2 Å². The maximum Gasteiger partial charge on any atom is 0.123 e. The van der Waals surface area contributed by atoms with E-state index in [4.69, 9.17) is 10.5 Å². The molecule has 0 fully saturated rings. The van der Waals surface area contributed by atoms with Crippen molar-refractivity contribution in [1.29, 1.82) is 0 Å². The molecule has 1 atom stereocenters. The number of nitrogens with two attached hydrogens (primary N) is 1. The highest BCUT2D eigenvalue weighted by Gasteiger charge is 2.02. The molecule has 20 heavy (non-hydrogen) atoms. The molecule has 0 saturated carbocycles. The second-order valence-corrected chi connectivity index (χ2v) is 4.93. The number of rotatable bonds is 6.